The molecule has 0 unspecified atom stereocenters. The van der Waals surface area contributed by atoms with E-state index in [2.05, 4.69) is 15.4 Å². The zero-order valence-electron chi connectivity index (χ0n) is 12.4. The molecule has 0 aromatic carbocycles. The topological polar surface area (TPSA) is 79.5 Å². The lowest BCUT2D eigenvalue weighted by Crippen LogP contribution is -2.49. The van der Waals surface area contributed by atoms with Gasteiger partial charge in [-0.2, -0.15) is 5.10 Å². The van der Waals surface area contributed by atoms with Crippen molar-refractivity contribution in [2.24, 2.45) is 0 Å². The summed E-state index contributed by atoms with van der Waals surface area (Å²) in [5.41, 5.74) is 2.34. The SMILES string of the molecule is Cc1cc(C)n2ncc(C(=O)NC3(CO)CCCC3)c2n1. The summed E-state index contributed by atoms with van der Waals surface area (Å²) in [6.07, 6.45) is 5.25. The summed E-state index contributed by atoms with van der Waals surface area (Å²) in [6.45, 7) is 3.81. The molecule has 6 heteroatoms. The second-order valence-corrected chi connectivity index (χ2v) is 5.93. The molecule has 2 aromatic rings. The molecule has 6 nitrogen and oxygen atoms in total. The van der Waals surface area contributed by atoms with E-state index in [0.717, 1.165) is 37.1 Å². The minimum atomic E-state index is -0.482. The summed E-state index contributed by atoms with van der Waals surface area (Å²) < 4.78 is 1.67. The van der Waals surface area contributed by atoms with Gasteiger partial charge in [0.15, 0.2) is 5.65 Å². The van der Waals surface area contributed by atoms with Crippen molar-refractivity contribution in [3.63, 3.8) is 0 Å². The Morgan fingerprint density at radius 1 is 1.43 bits per heavy atom. The van der Waals surface area contributed by atoms with Crippen LogP contribution in [0.3, 0.4) is 0 Å². The summed E-state index contributed by atoms with van der Waals surface area (Å²) >= 11 is 0. The van der Waals surface area contributed by atoms with Crippen molar-refractivity contribution in [1.29, 1.82) is 0 Å². The van der Waals surface area contributed by atoms with Crippen LogP contribution in [0.2, 0.25) is 0 Å². The smallest absolute Gasteiger partial charge is 0.257 e. The first kappa shape index (κ1) is 14.0. The second kappa shape index (κ2) is 5.11. The zero-order chi connectivity index (χ0) is 15.0. The Kier molecular flexibility index (Phi) is 3.41. The van der Waals surface area contributed by atoms with Gasteiger partial charge in [0.1, 0.15) is 5.56 Å². The van der Waals surface area contributed by atoms with E-state index in [0.29, 0.717) is 11.2 Å². The van der Waals surface area contributed by atoms with Gasteiger partial charge < -0.3 is 10.4 Å². The van der Waals surface area contributed by atoms with E-state index in [-0.39, 0.29) is 12.5 Å². The van der Waals surface area contributed by atoms with Crippen molar-refractivity contribution < 1.29 is 9.90 Å². The third-order valence-corrected chi connectivity index (χ3v) is 4.26. The molecule has 2 N–H and O–H groups in total. The normalized spacial score (nSPS) is 17.3. The lowest BCUT2D eigenvalue weighted by atomic mass is 9.98. The number of nitrogens with one attached hydrogen (secondary N) is 1. The minimum Gasteiger partial charge on any atom is -0.394 e. The quantitative estimate of drug-likeness (QED) is 0.894. The number of aromatic nitrogens is 3. The van der Waals surface area contributed by atoms with Crippen LogP contribution in [0.1, 0.15) is 47.4 Å². The Morgan fingerprint density at radius 3 is 2.81 bits per heavy atom. The Hall–Kier alpha value is -1.95. The van der Waals surface area contributed by atoms with Crippen LogP contribution in [0, 0.1) is 13.8 Å². The highest BCUT2D eigenvalue weighted by Gasteiger charge is 2.35. The van der Waals surface area contributed by atoms with Crippen LogP contribution in [-0.4, -0.2) is 37.8 Å². The maximum Gasteiger partial charge on any atom is 0.257 e. The van der Waals surface area contributed by atoms with Crippen molar-refractivity contribution in [2.45, 2.75) is 45.1 Å². The van der Waals surface area contributed by atoms with Gasteiger partial charge in [0, 0.05) is 11.4 Å². The highest BCUT2D eigenvalue weighted by atomic mass is 16.3. The molecule has 1 fully saturated rings. The summed E-state index contributed by atoms with van der Waals surface area (Å²) in [6, 6.07) is 1.92. The molecule has 1 aliphatic carbocycles. The fourth-order valence-corrected chi connectivity index (χ4v) is 3.11. The van der Waals surface area contributed by atoms with E-state index < -0.39 is 5.54 Å². The fourth-order valence-electron chi connectivity index (χ4n) is 3.11. The van der Waals surface area contributed by atoms with Crippen molar-refractivity contribution in [3.05, 3.63) is 29.2 Å². The molecule has 0 bridgehead atoms. The Morgan fingerprint density at radius 2 is 2.14 bits per heavy atom. The first-order valence-corrected chi connectivity index (χ1v) is 7.30. The number of hydrogen-bond acceptors (Lipinski definition) is 4. The minimum absolute atomic E-state index is 0.0244. The van der Waals surface area contributed by atoms with Crippen LogP contribution in [0.4, 0.5) is 0 Å². The number of carbonyl (C=O) groups excluding carboxylic acids is 1. The van der Waals surface area contributed by atoms with Gasteiger partial charge in [-0.1, -0.05) is 12.8 Å². The third kappa shape index (κ3) is 2.40. The van der Waals surface area contributed by atoms with E-state index in [1.165, 1.54) is 0 Å². The monoisotopic (exact) mass is 288 g/mol. The van der Waals surface area contributed by atoms with Gasteiger partial charge in [-0.15, -0.1) is 0 Å². The molecule has 0 spiro atoms. The number of carbonyl (C=O) groups is 1. The molecule has 0 saturated heterocycles. The lowest BCUT2D eigenvalue weighted by molar-refractivity contribution is 0.0840. The van der Waals surface area contributed by atoms with E-state index in [1.54, 1.807) is 10.7 Å². The van der Waals surface area contributed by atoms with Crippen molar-refractivity contribution in [2.75, 3.05) is 6.61 Å². The number of fused-ring (bicyclic) bond motifs is 1. The number of amides is 1. The maximum absolute atomic E-state index is 12.5. The first-order chi connectivity index (χ1) is 10.0. The van der Waals surface area contributed by atoms with E-state index in [1.807, 2.05) is 19.9 Å². The molecule has 0 aliphatic heterocycles. The molecule has 0 radical (unpaired) electrons. The largest absolute Gasteiger partial charge is 0.394 e. The van der Waals surface area contributed by atoms with Gasteiger partial charge >= 0.3 is 0 Å². The Labute approximate surface area is 123 Å². The van der Waals surface area contributed by atoms with Crippen LogP contribution in [0.25, 0.3) is 5.65 Å². The number of hydrogen-bond donors (Lipinski definition) is 2. The first-order valence-electron chi connectivity index (χ1n) is 7.30. The highest BCUT2D eigenvalue weighted by Crippen LogP contribution is 2.29. The van der Waals surface area contributed by atoms with Crippen LogP contribution < -0.4 is 5.32 Å². The van der Waals surface area contributed by atoms with E-state index in [4.69, 9.17) is 0 Å². The molecule has 112 valence electrons. The average molecular weight is 288 g/mol. The average Bonchev–Trinajstić information content (AvgIpc) is 3.06. The molecule has 0 atom stereocenters. The van der Waals surface area contributed by atoms with Crippen molar-refractivity contribution in [3.8, 4) is 0 Å². The van der Waals surface area contributed by atoms with Gasteiger partial charge in [-0.3, -0.25) is 4.79 Å². The standard InChI is InChI=1S/C15H20N4O2/c1-10-7-11(2)19-13(17-10)12(8-16-19)14(21)18-15(9-20)5-3-4-6-15/h7-8,20H,3-6,9H2,1-2H3,(H,18,21). The summed E-state index contributed by atoms with van der Waals surface area (Å²) in [7, 11) is 0. The van der Waals surface area contributed by atoms with E-state index in [9.17, 15) is 9.90 Å². The molecule has 2 heterocycles. The lowest BCUT2D eigenvalue weighted by Gasteiger charge is -2.27. The molecule has 21 heavy (non-hydrogen) atoms. The maximum atomic E-state index is 12.5. The number of aryl methyl sites for hydroxylation is 2. The molecular weight excluding hydrogens is 268 g/mol. The molecule has 1 aliphatic rings. The zero-order valence-corrected chi connectivity index (χ0v) is 12.4. The van der Waals surface area contributed by atoms with Gasteiger partial charge in [-0.25, -0.2) is 9.50 Å². The van der Waals surface area contributed by atoms with Gasteiger partial charge in [0.05, 0.1) is 18.3 Å². The number of nitrogens with zero attached hydrogens (tertiary/aromatic N) is 3. The molecule has 1 amide bonds. The third-order valence-electron chi connectivity index (χ3n) is 4.26. The molecule has 3 rings (SSSR count). The number of aliphatic hydroxyl groups excluding tert-OH is 1. The summed E-state index contributed by atoms with van der Waals surface area (Å²) in [4.78, 5) is 17.0. The van der Waals surface area contributed by atoms with Crippen molar-refractivity contribution in [1.82, 2.24) is 19.9 Å². The van der Waals surface area contributed by atoms with Crippen LogP contribution in [0.15, 0.2) is 12.3 Å². The van der Waals surface area contributed by atoms with Gasteiger partial charge in [0.2, 0.25) is 0 Å². The number of rotatable bonds is 3. The molecular formula is C15H20N4O2. The van der Waals surface area contributed by atoms with Crippen molar-refractivity contribution >= 4 is 11.6 Å². The summed E-state index contributed by atoms with van der Waals surface area (Å²) in [5, 5.41) is 16.8. The van der Waals surface area contributed by atoms with Crippen LogP contribution >= 0.6 is 0 Å². The highest BCUT2D eigenvalue weighted by molar-refractivity contribution is 6.00. The fraction of sp³-hybridized carbons (Fsp3) is 0.533. The number of aliphatic hydroxyl groups is 1. The van der Waals surface area contributed by atoms with Gasteiger partial charge in [0.25, 0.3) is 5.91 Å². The van der Waals surface area contributed by atoms with Gasteiger partial charge in [-0.05, 0) is 32.8 Å². The molecule has 2 aromatic heterocycles. The Balaban J connectivity index is 1.95. The van der Waals surface area contributed by atoms with Crippen LogP contribution in [-0.2, 0) is 0 Å². The van der Waals surface area contributed by atoms with E-state index >= 15 is 0 Å². The predicted molar refractivity (Wildman–Crippen MR) is 78.2 cm³/mol. The second-order valence-electron chi connectivity index (χ2n) is 5.93. The van der Waals surface area contributed by atoms with Crippen LogP contribution in [0.5, 0.6) is 0 Å². The Bertz CT molecular complexity index is 686. The summed E-state index contributed by atoms with van der Waals surface area (Å²) in [5.74, 6) is -0.210. The molecule has 1 saturated carbocycles. The predicted octanol–water partition coefficient (Wildman–Crippen LogP) is 1.38.